The summed E-state index contributed by atoms with van der Waals surface area (Å²) in [6, 6.07) is 0. The van der Waals surface area contributed by atoms with Crippen molar-refractivity contribution in [1.82, 2.24) is 0 Å². The third kappa shape index (κ3) is 679. The Kier molecular flexibility index (Phi) is 21.0. The van der Waals surface area contributed by atoms with Crippen molar-refractivity contribution in [3.05, 3.63) is 0 Å². The molecule has 50 valence electrons. The first-order valence-electron chi connectivity index (χ1n) is 1.14. The van der Waals surface area contributed by atoms with E-state index in [1.165, 1.54) is 0 Å². The van der Waals surface area contributed by atoms with E-state index in [4.69, 9.17) is 27.2 Å². The van der Waals surface area contributed by atoms with Crippen LogP contribution in [0.3, 0.4) is 0 Å². The van der Waals surface area contributed by atoms with Gasteiger partial charge in [-0.15, -0.1) is 0 Å². The summed E-state index contributed by atoms with van der Waals surface area (Å²) in [6.07, 6.45) is -2.33. The molecule has 0 radical (unpaired) electrons. The van der Waals surface area contributed by atoms with Crippen molar-refractivity contribution in [3.63, 3.8) is 0 Å². The second-order valence-corrected chi connectivity index (χ2v) is 1.45. The average Bonchev–Trinajstić information content (AvgIpc) is 1.25. The molecule has 0 spiro atoms. The second kappa shape index (κ2) is 11.6. The van der Waals surface area contributed by atoms with Crippen molar-refractivity contribution in [2.75, 3.05) is 0 Å². The van der Waals surface area contributed by atoms with Gasteiger partial charge in [-0.1, -0.05) is 0 Å². The first kappa shape index (κ1) is 16.4. The number of carboxylic acid groups (broad SMARTS) is 2. The minimum atomic E-state index is -3.29. The molecule has 9 heavy (non-hydrogen) atoms. The van der Waals surface area contributed by atoms with Crippen LogP contribution in [0.15, 0.2) is 0 Å². The van der Waals surface area contributed by atoms with E-state index in [-0.39, 0.29) is 37.7 Å². The molecule has 0 atom stereocenters. The molecule has 0 saturated heterocycles. The molecule has 0 saturated carbocycles. The van der Waals surface area contributed by atoms with E-state index in [2.05, 4.69) is 0 Å². The standard InChI is InChI=1S/CH2O3.Ca.H2O3Se/c2-1(3)4;;1-4(2)3/h(H2,2,3,4);;(H2,1,2,3)/q;+2;/p-2. The maximum absolute atomic E-state index is 8.76. The summed E-state index contributed by atoms with van der Waals surface area (Å²) in [7, 11) is 0. The van der Waals surface area contributed by atoms with E-state index in [1.807, 2.05) is 0 Å². The molecule has 0 heterocycles. The molecule has 8 heteroatoms. The molecule has 0 aromatic rings. The van der Waals surface area contributed by atoms with Crippen LogP contribution < -0.4 is 10.2 Å². The van der Waals surface area contributed by atoms with Gasteiger partial charge in [-0.3, -0.25) is 0 Å². The van der Waals surface area contributed by atoms with E-state index in [0.717, 1.165) is 0 Å². The zero-order valence-electron chi connectivity index (χ0n) is 4.14. The smallest absolute Gasteiger partial charge is 2.00 e. The average molecular weight is 229 g/mol. The fourth-order valence-corrected chi connectivity index (χ4v) is 0. The largest absolute Gasteiger partial charge is 2.00 e. The van der Waals surface area contributed by atoms with Crippen LogP contribution in [0.4, 0.5) is 4.79 Å². The fraction of sp³-hybridized carbons (Fsp3) is 0. The predicted octanol–water partition coefficient (Wildman–Crippen LogP) is -4.44. The SMILES string of the molecule is O=C([O-])[O-].O=[Se](O)O.[Ca+2]. The van der Waals surface area contributed by atoms with Gasteiger partial charge in [-0.05, 0) is 6.16 Å². The van der Waals surface area contributed by atoms with E-state index in [9.17, 15) is 0 Å². The maximum Gasteiger partial charge on any atom is 2.00 e. The van der Waals surface area contributed by atoms with E-state index >= 15 is 0 Å². The molecule has 0 amide bonds. The molecule has 2 N–H and O–H groups in total. The Labute approximate surface area is 84.9 Å². The van der Waals surface area contributed by atoms with Crippen LogP contribution >= 0.6 is 0 Å². The Morgan fingerprint density at radius 1 is 1.33 bits per heavy atom. The maximum atomic E-state index is 8.76. The number of carbonyl (C=O) groups is 1. The molecule has 0 bridgehead atoms. The summed E-state index contributed by atoms with van der Waals surface area (Å²) in [5.41, 5.74) is 0. The summed E-state index contributed by atoms with van der Waals surface area (Å²) < 4.78 is 23.1. The van der Waals surface area contributed by atoms with E-state index in [0.29, 0.717) is 0 Å². The topological polar surface area (TPSA) is 121 Å². The zero-order valence-corrected chi connectivity index (χ0v) is 8.06. The Morgan fingerprint density at radius 3 is 1.33 bits per heavy atom. The van der Waals surface area contributed by atoms with Gasteiger partial charge in [-0.25, -0.2) is 0 Å². The molecule has 0 aliphatic carbocycles. The summed E-state index contributed by atoms with van der Waals surface area (Å²) in [5, 5.41) is 16.7. The minimum absolute atomic E-state index is 0. The van der Waals surface area contributed by atoms with Gasteiger partial charge in [-0.2, -0.15) is 0 Å². The summed E-state index contributed by atoms with van der Waals surface area (Å²) in [4.78, 5) is 8.33. The van der Waals surface area contributed by atoms with Crippen LogP contribution in [-0.4, -0.2) is 66.8 Å². The number of carbonyl (C=O) groups excluding carboxylic acids is 1. The van der Waals surface area contributed by atoms with Crippen LogP contribution in [-0.2, 0) is 3.83 Å². The van der Waals surface area contributed by atoms with Crippen molar-refractivity contribution < 1.29 is 27.2 Å². The molecule has 0 rings (SSSR count). The number of rotatable bonds is 0. The third-order valence-electron chi connectivity index (χ3n) is 0. The van der Waals surface area contributed by atoms with Gasteiger partial charge in [0.1, 0.15) is 0 Å². The van der Waals surface area contributed by atoms with Crippen LogP contribution in [0, 0.1) is 0 Å². The van der Waals surface area contributed by atoms with Gasteiger partial charge in [0.15, 0.2) is 0 Å². The first-order chi connectivity index (χ1) is 3.46. The minimum Gasteiger partial charge on any atom is 2.00 e. The van der Waals surface area contributed by atoms with Gasteiger partial charge >= 0.3 is 64.4 Å². The number of hydrogen-bond donors (Lipinski definition) is 2. The van der Waals surface area contributed by atoms with E-state index < -0.39 is 20.6 Å². The Morgan fingerprint density at radius 2 is 1.33 bits per heavy atom. The summed E-state index contributed by atoms with van der Waals surface area (Å²) >= 11 is -3.29. The Bertz CT molecular complexity index is 71.1. The zero-order chi connectivity index (χ0) is 7.15. The predicted molar refractivity (Wildman–Crippen MR) is 22.0 cm³/mol. The van der Waals surface area contributed by atoms with Crippen molar-refractivity contribution >= 4 is 58.4 Å². The van der Waals surface area contributed by atoms with Gasteiger partial charge < -0.3 is 15.0 Å². The van der Waals surface area contributed by atoms with Gasteiger partial charge in [0.2, 0.25) is 0 Å². The molecule has 0 aliphatic rings. The molecule has 0 aromatic carbocycles. The Balaban J connectivity index is -0.0000000720. The van der Waals surface area contributed by atoms with Crippen molar-refractivity contribution in [2.45, 2.75) is 0 Å². The number of hydrogen-bond acceptors (Lipinski definition) is 4. The molecule has 0 aromatic heterocycles. The van der Waals surface area contributed by atoms with Crippen LogP contribution in [0.5, 0.6) is 0 Å². The fourth-order valence-electron chi connectivity index (χ4n) is 0. The van der Waals surface area contributed by atoms with E-state index in [1.54, 1.807) is 0 Å². The van der Waals surface area contributed by atoms with Crippen LogP contribution in [0.25, 0.3) is 0 Å². The molecular formula is CH2CaO6Se. The summed E-state index contributed by atoms with van der Waals surface area (Å²) in [6.45, 7) is 0. The van der Waals surface area contributed by atoms with Crippen molar-refractivity contribution in [3.8, 4) is 0 Å². The monoisotopic (exact) mass is 230 g/mol. The molecule has 0 fully saturated rings. The summed E-state index contributed by atoms with van der Waals surface area (Å²) in [5.74, 6) is 0. The van der Waals surface area contributed by atoms with Crippen molar-refractivity contribution in [1.29, 1.82) is 0 Å². The third-order valence-corrected chi connectivity index (χ3v) is 0. The molecular weight excluding hydrogens is 227 g/mol. The molecule has 0 unspecified atom stereocenters. The van der Waals surface area contributed by atoms with Gasteiger partial charge in [0.05, 0.1) is 0 Å². The van der Waals surface area contributed by atoms with Gasteiger partial charge in [0.25, 0.3) is 0 Å². The molecule has 6 nitrogen and oxygen atoms in total. The molecule has 0 aliphatic heterocycles. The quantitative estimate of drug-likeness (QED) is 0.404. The van der Waals surface area contributed by atoms with Crippen LogP contribution in [0.1, 0.15) is 0 Å². The van der Waals surface area contributed by atoms with Crippen molar-refractivity contribution in [2.24, 2.45) is 0 Å². The van der Waals surface area contributed by atoms with Gasteiger partial charge in [0, 0.05) is 0 Å². The second-order valence-electron chi connectivity index (χ2n) is 0.481. The normalized spacial score (nSPS) is 6.56. The Hall–Kier alpha value is 0.769. The van der Waals surface area contributed by atoms with Crippen LogP contribution in [0.2, 0.25) is 0 Å². The first-order valence-corrected chi connectivity index (χ1v) is 3.38.